The second kappa shape index (κ2) is 6.97. The minimum absolute atomic E-state index is 0.126. The summed E-state index contributed by atoms with van der Waals surface area (Å²) in [5, 5.41) is 6.33. The molecule has 1 nitrogen and oxygen atoms in total. The van der Waals surface area contributed by atoms with Crippen LogP contribution in [-0.2, 0) is 13.0 Å². The van der Waals surface area contributed by atoms with Gasteiger partial charge in [0.15, 0.2) is 0 Å². The molecule has 0 atom stereocenters. The summed E-state index contributed by atoms with van der Waals surface area (Å²) >= 11 is 0. The zero-order valence-electron chi connectivity index (χ0n) is 14.0. The standard InChI is InChI=1S/C22H25N/c1-22(2,15-14-18-8-4-3-5-9-18)23-17-19-12-13-20-10-6-7-11-21(20)16-19/h3-13,16,23H,14-15,17H2,1-2H3. The number of hydrogen-bond donors (Lipinski definition) is 1. The molecule has 23 heavy (non-hydrogen) atoms. The van der Waals surface area contributed by atoms with Crippen molar-refractivity contribution in [3.05, 3.63) is 83.9 Å². The quantitative estimate of drug-likeness (QED) is 0.648. The van der Waals surface area contributed by atoms with Gasteiger partial charge in [0, 0.05) is 12.1 Å². The van der Waals surface area contributed by atoms with Gasteiger partial charge < -0.3 is 5.32 Å². The monoisotopic (exact) mass is 303 g/mol. The molecule has 3 aromatic carbocycles. The van der Waals surface area contributed by atoms with Crippen molar-refractivity contribution in [3.63, 3.8) is 0 Å². The maximum absolute atomic E-state index is 3.71. The molecular formula is C22H25N. The predicted molar refractivity (Wildman–Crippen MR) is 99.6 cm³/mol. The molecule has 3 rings (SSSR count). The van der Waals surface area contributed by atoms with Gasteiger partial charge in [-0.25, -0.2) is 0 Å². The smallest absolute Gasteiger partial charge is 0.0210 e. The molecule has 0 aliphatic carbocycles. The van der Waals surface area contributed by atoms with E-state index in [4.69, 9.17) is 0 Å². The van der Waals surface area contributed by atoms with Gasteiger partial charge >= 0.3 is 0 Å². The highest BCUT2D eigenvalue weighted by molar-refractivity contribution is 5.82. The Morgan fingerprint density at radius 2 is 1.43 bits per heavy atom. The van der Waals surface area contributed by atoms with Crippen molar-refractivity contribution in [3.8, 4) is 0 Å². The van der Waals surface area contributed by atoms with Gasteiger partial charge in [-0.05, 0) is 54.7 Å². The third-order valence-electron chi connectivity index (χ3n) is 4.47. The first-order valence-corrected chi connectivity index (χ1v) is 8.39. The summed E-state index contributed by atoms with van der Waals surface area (Å²) in [6, 6.07) is 26.0. The van der Waals surface area contributed by atoms with Crippen LogP contribution in [0.4, 0.5) is 0 Å². The van der Waals surface area contributed by atoms with Crippen molar-refractivity contribution in [2.75, 3.05) is 0 Å². The highest BCUT2D eigenvalue weighted by Gasteiger charge is 2.16. The summed E-state index contributed by atoms with van der Waals surface area (Å²) in [4.78, 5) is 0. The van der Waals surface area contributed by atoms with Gasteiger partial charge in [0.05, 0.1) is 0 Å². The summed E-state index contributed by atoms with van der Waals surface area (Å²) < 4.78 is 0. The number of rotatable bonds is 6. The van der Waals surface area contributed by atoms with E-state index in [0.717, 1.165) is 19.4 Å². The molecule has 0 radical (unpaired) electrons. The Morgan fingerprint density at radius 3 is 2.22 bits per heavy atom. The van der Waals surface area contributed by atoms with Crippen molar-refractivity contribution in [2.45, 2.75) is 38.8 Å². The van der Waals surface area contributed by atoms with Crippen LogP contribution in [0.25, 0.3) is 10.8 Å². The van der Waals surface area contributed by atoms with Gasteiger partial charge in [-0.15, -0.1) is 0 Å². The molecule has 0 saturated carbocycles. The van der Waals surface area contributed by atoms with Crippen LogP contribution in [0, 0.1) is 0 Å². The number of nitrogens with one attached hydrogen (secondary N) is 1. The summed E-state index contributed by atoms with van der Waals surface area (Å²) in [5.41, 5.74) is 2.88. The highest BCUT2D eigenvalue weighted by atomic mass is 14.9. The number of aryl methyl sites for hydroxylation is 1. The lowest BCUT2D eigenvalue weighted by Crippen LogP contribution is -2.39. The molecule has 0 unspecified atom stereocenters. The van der Waals surface area contributed by atoms with E-state index in [1.165, 1.54) is 21.9 Å². The molecule has 0 aliphatic heterocycles. The minimum Gasteiger partial charge on any atom is -0.308 e. The Bertz CT molecular complexity index is 759. The van der Waals surface area contributed by atoms with Crippen molar-refractivity contribution < 1.29 is 0 Å². The Kier molecular flexibility index (Phi) is 4.78. The topological polar surface area (TPSA) is 12.0 Å². The molecule has 0 spiro atoms. The third-order valence-corrected chi connectivity index (χ3v) is 4.47. The molecule has 0 aromatic heterocycles. The Hall–Kier alpha value is -2.12. The summed E-state index contributed by atoms with van der Waals surface area (Å²) in [6.07, 6.45) is 2.24. The Balaban J connectivity index is 1.59. The van der Waals surface area contributed by atoms with Crippen LogP contribution in [0.15, 0.2) is 72.8 Å². The highest BCUT2D eigenvalue weighted by Crippen LogP contribution is 2.18. The molecule has 1 N–H and O–H groups in total. The third kappa shape index (κ3) is 4.43. The summed E-state index contributed by atoms with van der Waals surface area (Å²) in [5.74, 6) is 0. The first kappa shape index (κ1) is 15.8. The predicted octanol–water partition coefficient (Wildman–Crippen LogP) is 5.34. The first-order valence-electron chi connectivity index (χ1n) is 8.39. The van der Waals surface area contributed by atoms with Crippen LogP contribution in [0.5, 0.6) is 0 Å². The number of hydrogen-bond acceptors (Lipinski definition) is 1. The average Bonchev–Trinajstić information content (AvgIpc) is 2.59. The second-order valence-electron chi connectivity index (χ2n) is 6.90. The van der Waals surface area contributed by atoms with Crippen molar-refractivity contribution >= 4 is 10.8 Å². The molecule has 0 heterocycles. The molecule has 0 bridgehead atoms. The minimum atomic E-state index is 0.126. The van der Waals surface area contributed by atoms with E-state index in [-0.39, 0.29) is 5.54 Å². The Labute approximate surface area is 139 Å². The van der Waals surface area contributed by atoms with Crippen LogP contribution < -0.4 is 5.32 Å². The van der Waals surface area contributed by atoms with Gasteiger partial charge in [-0.2, -0.15) is 0 Å². The van der Waals surface area contributed by atoms with Crippen LogP contribution in [0.1, 0.15) is 31.4 Å². The van der Waals surface area contributed by atoms with Gasteiger partial charge in [0.2, 0.25) is 0 Å². The van der Waals surface area contributed by atoms with E-state index >= 15 is 0 Å². The van der Waals surface area contributed by atoms with E-state index in [2.05, 4.69) is 92.0 Å². The summed E-state index contributed by atoms with van der Waals surface area (Å²) in [6.45, 7) is 5.49. The van der Waals surface area contributed by atoms with Crippen LogP contribution in [-0.4, -0.2) is 5.54 Å². The zero-order chi connectivity index (χ0) is 16.1. The molecule has 0 fully saturated rings. The van der Waals surface area contributed by atoms with Crippen LogP contribution in [0.2, 0.25) is 0 Å². The van der Waals surface area contributed by atoms with Gasteiger partial charge in [-0.1, -0.05) is 66.7 Å². The van der Waals surface area contributed by atoms with Crippen molar-refractivity contribution in [1.82, 2.24) is 5.32 Å². The molecule has 1 heteroatoms. The maximum Gasteiger partial charge on any atom is 0.0210 e. The molecule has 118 valence electrons. The lowest BCUT2D eigenvalue weighted by molar-refractivity contribution is 0.360. The van der Waals surface area contributed by atoms with E-state index in [9.17, 15) is 0 Å². The largest absolute Gasteiger partial charge is 0.308 e. The van der Waals surface area contributed by atoms with E-state index in [0.29, 0.717) is 0 Å². The van der Waals surface area contributed by atoms with E-state index < -0.39 is 0 Å². The van der Waals surface area contributed by atoms with Gasteiger partial charge in [-0.3, -0.25) is 0 Å². The SMILES string of the molecule is CC(C)(CCc1ccccc1)NCc1ccc2ccccc2c1. The molecule has 0 aliphatic rings. The zero-order valence-corrected chi connectivity index (χ0v) is 14.0. The molecule has 0 saturated heterocycles. The number of benzene rings is 3. The van der Waals surface area contributed by atoms with Crippen LogP contribution >= 0.6 is 0 Å². The lowest BCUT2D eigenvalue weighted by atomic mass is 9.95. The van der Waals surface area contributed by atoms with Crippen LogP contribution in [0.3, 0.4) is 0 Å². The fourth-order valence-corrected chi connectivity index (χ4v) is 2.88. The average molecular weight is 303 g/mol. The van der Waals surface area contributed by atoms with E-state index in [1.54, 1.807) is 0 Å². The van der Waals surface area contributed by atoms with E-state index in [1.807, 2.05) is 0 Å². The lowest BCUT2D eigenvalue weighted by Gasteiger charge is -2.26. The summed E-state index contributed by atoms with van der Waals surface area (Å²) in [7, 11) is 0. The molecule has 3 aromatic rings. The van der Waals surface area contributed by atoms with Gasteiger partial charge in [0.1, 0.15) is 0 Å². The fourth-order valence-electron chi connectivity index (χ4n) is 2.88. The van der Waals surface area contributed by atoms with Crippen molar-refractivity contribution in [1.29, 1.82) is 0 Å². The maximum atomic E-state index is 3.71. The van der Waals surface area contributed by atoms with Gasteiger partial charge in [0.25, 0.3) is 0 Å². The molecular weight excluding hydrogens is 278 g/mol. The normalized spacial score (nSPS) is 11.7. The second-order valence-corrected chi connectivity index (χ2v) is 6.90. The van der Waals surface area contributed by atoms with Crippen molar-refractivity contribution in [2.24, 2.45) is 0 Å². The fraction of sp³-hybridized carbons (Fsp3) is 0.273. The molecule has 0 amide bonds. The first-order chi connectivity index (χ1) is 11.1. The Morgan fingerprint density at radius 1 is 0.739 bits per heavy atom. The number of fused-ring (bicyclic) bond motifs is 1.